The molecule has 0 bridgehead atoms. The summed E-state index contributed by atoms with van der Waals surface area (Å²) in [6.45, 7) is 4.66. The van der Waals surface area contributed by atoms with Gasteiger partial charge in [-0.1, -0.05) is 35.5 Å². The lowest BCUT2D eigenvalue weighted by Crippen LogP contribution is -2.47. The molecule has 2 heterocycles. The molecule has 1 saturated heterocycles. The van der Waals surface area contributed by atoms with Crippen LogP contribution >= 0.6 is 0 Å². The fraction of sp³-hybridized carbons (Fsp3) is 0.471. The Kier molecular flexibility index (Phi) is 4.43. The topological polar surface area (TPSA) is 79.5 Å². The van der Waals surface area contributed by atoms with E-state index in [1.807, 2.05) is 30.3 Å². The molecule has 0 saturated carbocycles. The van der Waals surface area contributed by atoms with Gasteiger partial charge in [0.1, 0.15) is 0 Å². The molecule has 122 valence electrons. The number of carbonyl (C=O) groups is 1. The molecule has 6 nitrogen and oxygen atoms in total. The average Bonchev–Trinajstić information content (AvgIpc) is 3.00. The van der Waals surface area contributed by atoms with Gasteiger partial charge in [-0.3, -0.25) is 9.69 Å². The van der Waals surface area contributed by atoms with E-state index >= 15 is 0 Å². The predicted octanol–water partition coefficient (Wildman–Crippen LogP) is 2.81. The van der Waals surface area contributed by atoms with Crippen LogP contribution in [-0.4, -0.2) is 38.2 Å². The van der Waals surface area contributed by atoms with E-state index in [0.29, 0.717) is 31.1 Å². The summed E-state index contributed by atoms with van der Waals surface area (Å²) in [5, 5.41) is 13.3. The maximum atomic E-state index is 11.2. The zero-order chi connectivity index (χ0) is 16.4. The lowest BCUT2D eigenvalue weighted by molar-refractivity contribution is -0.145. The second kappa shape index (κ2) is 6.50. The highest BCUT2D eigenvalue weighted by Gasteiger charge is 2.35. The summed E-state index contributed by atoms with van der Waals surface area (Å²) in [4.78, 5) is 17.9. The summed E-state index contributed by atoms with van der Waals surface area (Å²) in [5.41, 5.74) is 0.924. The third-order valence-corrected chi connectivity index (χ3v) is 4.55. The third kappa shape index (κ3) is 3.42. The molecule has 1 N–H and O–H groups in total. The summed E-state index contributed by atoms with van der Waals surface area (Å²) in [5.74, 6) is 0.184. The lowest BCUT2D eigenvalue weighted by atomic mass is 9.87. The van der Waals surface area contributed by atoms with Crippen LogP contribution in [0.1, 0.15) is 32.6 Å². The molecule has 0 spiro atoms. The van der Waals surface area contributed by atoms with Crippen molar-refractivity contribution >= 4 is 5.97 Å². The molecule has 6 heteroatoms. The van der Waals surface area contributed by atoms with E-state index in [-0.39, 0.29) is 18.0 Å². The van der Waals surface area contributed by atoms with Gasteiger partial charge < -0.3 is 9.63 Å². The molecule has 0 amide bonds. The van der Waals surface area contributed by atoms with Crippen LogP contribution in [-0.2, 0) is 11.3 Å². The smallest absolute Gasteiger partial charge is 0.306 e. The van der Waals surface area contributed by atoms with Gasteiger partial charge in [0, 0.05) is 17.6 Å². The van der Waals surface area contributed by atoms with Crippen molar-refractivity contribution in [2.45, 2.75) is 45.3 Å². The molecule has 2 aromatic rings. The molecular formula is C17H21N3O3. The number of carboxylic acid groups (broad SMARTS) is 1. The van der Waals surface area contributed by atoms with E-state index in [0.717, 1.165) is 5.56 Å². The number of aliphatic carboxylic acids is 1. The second-order valence-electron chi connectivity index (χ2n) is 6.25. The van der Waals surface area contributed by atoms with Crippen molar-refractivity contribution in [3.63, 3.8) is 0 Å². The highest BCUT2D eigenvalue weighted by Crippen LogP contribution is 2.29. The molecule has 23 heavy (non-hydrogen) atoms. The highest BCUT2D eigenvalue weighted by atomic mass is 16.5. The first kappa shape index (κ1) is 15.7. The quantitative estimate of drug-likeness (QED) is 0.934. The van der Waals surface area contributed by atoms with E-state index < -0.39 is 5.97 Å². The molecule has 3 rings (SSSR count). The maximum absolute atomic E-state index is 11.2. The lowest BCUT2D eigenvalue weighted by Gasteiger charge is -2.40. The fourth-order valence-electron chi connectivity index (χ4n) is 3.32. The number of hydrogen-bond donors (Lipinski definition) is 1. The van der Waals surface area contributed by atoms with Crippen LogP contribution in [0.4, 0.5) is 0 Å². The molecule has 0 radical (unpaired) electrons. The van der Waals surface area contributed by atoms with Gasteiger partial charge in [-0.25, -0.2) is 0 Å². The van der Waals surface area contributed by atoms with Crippen LogP contribution in [0.25, 0.3) is 11.4 Å². The van der Waals surface area contributed by atoms with Gasteiger partial charge in [0.25, 0.3) is 0 Å². The Morgan fingerprint density at radius 3 is 2.52 bits per heavy atom. The van der Waals surface area contributed by atoms with Gasteiger partial charge in [-0.15, -0.1) is 0 Å². The van der Waals surface area contributed by atoms with Crippen molar-refractivity contribution in [3.05, 3.63) is 36.2 Å². The number of aromatic nitrogens is 2. The van der Waals surface area contributed by atoms with E-state index in [9.17, 15) is 9.90 Å². The summed E-state index contributed by atoms with van der Waals surface area (Å²) >= 11 is 0. The Morgan fingerprint density at radius 1 is 1.26 bits per heavy atom. The molecule has 1 fully saturated rings. The number of rotatable bonds is 4. The minimum absolute atomic E-state index is 0.173. The van der Waals surface area contributed by atoms with Crippen molar-refractivity contribution in [1.82, 2.24) is 15.0 Å². The van der Waals surface area contributed by atoms with Gasteiger partial charge >= 0.3 is 5.97 Å². The standard InChI is InChI=1S/C17H21N3O3/c1-11-8-14(17(21)22)9-12(2)20(11)10-15-18-16(19-23-15)13-6-4-3-5-7-13/h3-7,11-12,14H,8-10H2,1-2H3,(H,21,22). The van der Waals surface area contributed by atoms with Crippen molar-refractivity contribution in [1.29, 1.82) is 0 Å². The molecule has 1 aliphatic rings. The molecule has 2 atom stereocenters. The molecular weight excluding hydrogens is 294 g/mol. The van der Waals surface area contributed by atoms with Crippen LogP contribution in [0.3, 0.4) is 0 Å². The summed E-state index contributed by atoms with van der Waals surface area (Å²) in [6, 6.07) is 10.0. The largest absolute Gasteiger partial charge is 0.481 e. The van der Waals surface area contributed by atoms with Crippen molar-refractivity contribution in [2.24, 2.45) is 5.92 Å². The number of benzene rings is 1. The Bertz CT molecular complexity index is 659. The fourth-order valence-corrected chi connectivity index (χ4v) is 3.32. The van der Waals surface area contributed by atoms with E-state index in [2.05, 4.69) is 28.9 Å². The van der Waals surface area contributed by atoms with E-state index in [4.69, 9.17) is 4.52 Å². The number of piperidine rings is 1. The second-order valence-corrected chi connectivity index (χ2v) is 6.25. The Balaban J connectivity index is 1.70. The van der Waals surface area contributed by atoms with Gasteiger partial charge in [0.15, 0.2) is 0 Å². The van der Waals surface area contributed by atoms with Gasteiger partial charge in [-0.05, 0) is 26.7 Å². The molecule has 1 aromatic carbocycles. The first-order valence-corrected chi connectivity index (χ1v) is 7.91. The van der Waals surface area contributed by atoms with Crippen molar-refractivity contribution in [2.75, 3.05) is 0 Å². The first-order valence-electron chi connectivity index (χ1n) is 7.91. The SMILES string of the molecule is CC1CC(C(=O)O)CC(C)N1Cc1nc(-c2ccccc2)no1. The average molecular weight is 315 g/mol. The predicted molar refractivity (Wildman–Crippen MR) is 84.6 cm³/mol. The van der Waals surface area contributed by atoms with Crippen LogP contribution in [0.5, 0.6) is 0 Å². The molecule has 1 aliphatic heterocycles. The normalized spacial score (nSPS) is 25.4. The van der Waals surface area contributed by atoms with E-state index in [1.165, 1.54) is 0 Å². The van der Waals surface area contributed by atoms with Crippen LogP contribution in [0.15, 0.2) is 34.9 Å². The summed E-state index contributed by atoms with van der Waals surface area (Å²) in [7, 11) is 0. The monoisotopic (exact) mass is 315 g/mol. The van der Waals surface area contributed by atoms with Crippen molar-refractivity contribution < 1.29 is 14.4 Å². The van der Waals surface area contributed by atoms with E-state index in [1.54, 1.807) is 0 Å². The summed E-state index contributed by atoms with van der Waals surface area (Å²) < 4.78 is 5.37. The minimum atomic E-state index is -0.701. The zero-order valence-corrected chi connectivity index (χ0v) is 13.3. The van der Waals surface area contributed by atoms with Crippen molar-refractivity contribution in [3.8, 4) is 11.4 Å². The molecule has 0 aliphatic carbocycles. The number of hydrogen-bond acceptors (Lipinski definition) is 5. The minimum Gasteiger partial charge on any atom is -0.481 e. The summed E-state index contributed by atoms with van der Waals surface area (Å²) in [6.07, 6.45) is 1.30. The van der Waals surface area contributed by atoms with Gasteiger partial charge in [0.05, 0.1) is 12.5 Å². The number of likely N-dealkylation sites (tertiary alicyclic amines) is 1. The molecule has 2 unspecified atom stereocenters. The first-order chi connectivity index (χ1) is 11.0. The maximum Gasteiger partial charge on any atom is 0.306 e. The third-order valence-electron chi connectivity index (χ3n) is 4.55. The Hall–Kier alpha value is -2.21. The Labute approximate surface area is 135 Å². The molecule has 1 aromatic heterocycles. The zero-order valence-electron chi connectivity index (χ0n) is 13.3. The van der Waals surface area contributed by atoms with Crippen LogP contribution in [0.2, 0.25) is 0 Å². The number of carboxylic acids is 1. The highest BCUT2D eigenvalue weighted by molar-refractivity contribution is 5.70. The Morgan fingerprint density at radius 2 is 1.91 bits per heavy atom. The van der Waals surface area contributed by atoms with Gasteiger partial charge in [-0.2, -0.15) is 4.98 Å². The number of nitrogens with zero attached hydrogens (tertiary/aromatic N) is 3. The van der Waals surface area contributed by atoms with Crippen LogP contribution in [0, 0.1) is 5.92 Å². The van der Waals surface area contributed by atoms with Gasteiger partial charge in [0.2, 0.25) is 11.7 Å². The van der Waals surface area contributed by atoms with Crippen LogP contribution < -0.4 is 0 Å².